The summed E-state index contributed by atoms with van der Waals surface area (Å²) in [6, 6.07) is 3.29. The first-order valence-electron chi connectivity index (χ1n) is 5.55. The molecule has 3 N–H and O–H groups in total. The van der Waals surface area contributed by atoms with Gasteiger partial charge >= 0.3 is 0 Å². The Balaban J connectivity index is 2.21. The van der Waals surface area contributed by atoms with E-state index in [9.17, 15) is 4.79 Å². The predicted molar refractivity (Wildman–Crippen MR) is 61.7 cm³/mol. The van der Waals surface area contributed by atoms with Crippen molar-refractivity contribution in [2.45, 2.75) is 6.04 Å². The summed E-state index contributed by atoms with van der Waals surface area (Å²) in [6.45, 7) is 2.72. The maximum Gasteiger partial charge on any atom is 0.255 e. The van der Waals surface area contributed by atoms with Crippen LogP contribution >= 0.6 is 0 Å². The number of ether oxygens (including phenoxy) is 1. The molecule has 2 heterocycles. The smallest absolute Gasteiger partial charge is 0.255 e. The third-order valence-electron chi connectivity index (χ3n) is 2.82. The molecule has 1 saturated heterocycles. The Bertz CT molecular complexity index is 365. The second kappa shape index (κ2) is 5.72. The molecule has 17 heavy (non-hydrogen) atoms. The van der Waals surface area contributed by atoms with E-state index < -0.39 is 0 Å². The zero-order valence-corrected chi connectivity index (χ0v) is 9.50. The van der Waals surface area contributed by atoms with Crippen molar-refractivity contribution in [3.8, 4) is 0 Å². The molecule has 1 aromatic rings. The topological polar surface area (TPSA) is 80.5 Å². The van der Waals surface area contributed by atoms with Crippen molar-refractivity contribution in [3.05, 3.63) is 30.1 Å². The highest BCUT2D eigenvalue weighted by molar-refractivity contribution is 5.82. The molecule has 1 aliphatic rings. The number of nitrogens with two attached hydrogens (primary N) is 1. The molecule has 0 saturated carbocycles. The number of rotatable bonds is 3. The molecule has 1 amide bonds. The van der Waals surface area contributed by atoms with E-state index in [-0.39, 0.29) is 11.9 Å². The van der Waals surface area contributed by atoms with Crippen molar-refractivity contribution in [2.75, 3.05) is 26.3 Å². The summed E-state index contributed by atoms with van der Waals surface area (Å²) in [4.78, 5) is 17.9. The van der Waals surface area contributed by atoms with Crippen molar-refractivity contribution in [1.29, 1.82) is 0 Å². The van der Waals surface area contributed by atoms with Gasteiger partial charge in [-0.3, -0.25) is 20.1 Å². The second-order valence-corrected chi connectivity index (χ2v) is 3.84. The normalized spacial score (nSPS) is 18.6. The van der Waals surface area contributed by atoms with E-state index in [1.807, 2.05) is 12.1 Å². The number of hydrogen-bond acceptors (Lipinski definition) is 5. The van der Waals surface area contributed by atoms with E-state index in [0.29, 0.717) is 13.2 Å². The summed E-state index contributed by atoms with van der Waals surface area (Å²) in [6.07, 6.45) is 3.35. The van der Waals surface area contributed by atoms with Gasteiger partial charge in [-0.05, 0) is 17.7 Å². The molecule has 0 spiro atoms. The van der Waals surface area contributed by atoms with Crippen LogP contribution in [0.25, 0.3) is 0 Å². The van der Waals surface area contributed by atoms with Gasteiger partial charge in [0.25, 0.3) is 5.91 Å². The lowest BCUT2D eigenvalue weighted by Crippen LogP contribution is -2.47. The summed E-state index contributed by atoms with van der Waals surface area (Å²) < 4.78 is 5.28. The van der Waals surface area contributed by atoms with Crippen LogP contribution in [0.3, 0.4) is 0 Å². The number of morpholine rings is 1. The van der Waals surface area contributed by atoms with Gasteiger partial charge < -0.3 is 4.74 Å². The highest BCUT2D eigenvalue weighted by Crippen LogP contribution is 2.21. The molecule has 0 radical (unpaired) electrons. The van der Waals surface area contributed by atoms with Crippen molar-refractivity contribution in [2.24, 2.45) is 5.84 Å². The minimum absolute atomic E-state index is 0.210. The van der Waals surface area contributed by atoms with Gasteiger partial charge in [-0.15, -0.1) is 0 Å². The Labute approximate surface area is 99.7 Å². The number of nitrogens with one attached hydrogen (secondary N) is 1. The standard InChI is InChI=1S/C11H16N4O2/c12-14-11(16)10(9-1-3-13-4-2-9)15-5-7-17-8-6-15/h1-4,10H,5-8,12H2,(H,14,16)/t10-/m0/s1. The highest BCUT2D eigenvalue weighted by Gasteiger charge is 2.28. The number of pyridine rings is 1. The fourth-order valence-electron chi connectivity index (χ4n) is 1.99. The van der Waals surface area contributed by atoms with Crippen LogP contribution in [0, 0.1) is 0 Å². The monoisotopic (exact) mass is 236 g/mol. The van der Waals surface area contributed by atoms with Gasteiger partial charge in [0.05, 0.1) is 13.2 Å². The molecule has 1 aromatic heterocycles. The third kappa shape index (κ3) is 2.79. The van der Waals surface area contributed by atoms with Crippen LogP contribution in [-0.4, -0.2) is 42.1 Å². The molecule has 0 aliphatic carbocycles. The molecule has 6 nitrogen and oxygen atoms in total. The summed E-state index contributed by atoms with van der Waals surface area (Å²) in [7, 11) is 0. The van der Waals surface area contributed by atoms with E-state index in [0.717, 1.165) is 18.7 Å². The first kappa shape index (κ1) is 12.0. The number of hydrazine groups is 1. The van der Waals surface area contributed by atoms with Crippen LogP contribution < -0.4 is 11.3 Å². The molecule has 92 valence electrons. The molecule has 1 fully saturated rings. The molecule has 0 aromatic carbocycles. The number of nitrogens with zero attached hydrogens (tertiary/aromatic N) is 2. The highest BCUT2D eigenvalue weighted by atomic mass is 16.5. The lowest BCUT2D eigenvalue weighted by molar-refractivity contribution is -0.128. The molecule has 0 bridgehead atoms. The van der Waals surface area contributed by atoms with Gasteiger partial charge in [-0.2, -0.15) is 0 Å². The van der Waals surface area contributed by atoms with Crippen LogP contribution in [-0.2, 0) is 9.53 Å². The first-order valence-corrected chi connectivity index (χ1v) is 5.55. The average molecular weight is 236 g/mol. The summed E-state index contributed by atoms with van der Waals surface area (Å²) >= 11 is 0. The van der Waals surface area contributed by atoms with Crippen molar-refractivity contribution in [1.82, 2.24) is 15.3 Å². The van der Waals surface area contributed by atoms with Gasteiger partial charge in [0, 0.05) is 25.5 Å². The molecule has 6 heteroatoms. The molecule has 1 atom stereocenters. The average Bonchev–Trinajstić information content (AvgIpc) is 2.41. The van der Waals surface area contributed by atoms with Crippen LogP contribution in [0.1, 0.15) is 11.6 Å². The van der Waals surface area contributed by atoms with Crippen molar-refractivity contribution in [3.63, 3.8) is 0 Å². The number of carbonyl (C=O) groups excluding carboxylic acids is 1. The Morgan fingerprint density at radius 1 is 1.41 bits per heavy atom. The zero-order valence-electron chi connectivity index (χ0n) is 9.50. The fourth-order valence-corrected chi connectivity index (χ4v) is 1.99. The Hall–Kier alpha value is -1.50. The van der Waals surface area contributed by atoms with Crippen LogP contribution in [0.5, 0.6) is 0 Å². The van der Waals surface area contributed by atoms with E-state index in [2.05, 4.69) is 15.3 Å². The van der Waals surface area contributed by atoms with Crippen LogP contribution in [0.2, 0.25) is 0 Å². The summed E-state index contributed by atoms with van der Waals surface area (Å²) in [5, 5.41) is 0. The molecule has 1 aliphatic heterocycles. The fraction of sp³-hybridized carbons (Fsp3) is 0.455. The Morgan fingerprint density at radius 3 is 2.65 bits per heavy atom. The van der Waals surface area contributed by atoms with E-state index in [1.54, 1.807) is 12.4 Å². The van der Waals surface area contributed by atoms with Crippen molar-refractivity contribution >= 4 is 5.91 Å². The Kier molecular flexibility index (Phi) is 4.03. The van der Waals surface area contributed by atoms with Crippen LogP contribution in [0.4, 0.5) is 0 Å². The van der Waals surface area contributed by atoms with Crippen LogP contribution in [0.15, 0.2) is 24.5 Å². The SMILES string of the molecule is NNC(=O)[C@H](c1ccncc1)N1CCOCC1. The van der Waals surface area contributed by atoms with Gasteiger partial charge in [-0.25, -0.2) is 5.84 Å². The maximum atomic E-state index is 11.9. The minimum Gasteiger partial charge on any atom is -0.379 e. The number of amides is 1. The van der Waals surface area contributed by atoms with E-state index >= 15 is 0 Å². The largest absolute Gasteiger partial charge is 0.379 e. The number of hydrogen-bond donors (Lipinski definition) is 2. The lowest BCUT2D eigenvalue weighted by atomic mass is 10.1. The number of aromatic nitrogens is 1. The molecular formula is C11H16N4O2. The predicted octanol–water partition coefficient (Wildman–Crippen LogP) is -0.555. The molecular weight excluding hydrogens is 220 g/mol. The van der Waals surface area contributed by atoms with E-state index in [1.165, 1.54) is 0 Å². The lowest BCUT2D eigenvalue weighted by Gasteiger charge is -2.33. The van der Waals surface area contributed by atoms with Gasteiger partial charge in [0.15, 0.2) is 0 Å². The Morgan fingerprint density at radius 2 is 2.06 bits per heavy atom. The molecule has 2 rings (SSSR count). The minimum atomic E-state index is -0.369. The van der Waals surface area contributed by atoms with Gasteiger partial charge in [0.1, 0.15) is 6.04 Å². The summed E-state index contributed by atoms with van der Waals surface area (Å²) in [5.41, 5.74) is 3.11. The molecule has 0 unspecified atom stereocenters. The van der Waals surface area contributed by atoms with Gasteiger partial charge in [0.2, 0.25) is 0 Å². The van der Waals surface area contributed by atoms with E-state index in [4.69, 9.17) is 10.6 Å². The quantitative estimate of drug-likeness (QED) is 0.418. The zero-order chi connectivity index (χ0) is 12.1. The second-order valence-electron chi connectivity index (χ2n) is 3.84. The number of carbonyl (C=O) groups is 1. The van der Waals surface area contributed by atoms with Gasteiger partial charge in [-0.1, -0.05) is 0 Å². The third-order valence-corrected chi connectivity index (χ3v) is 2.82. The first-order chi connectivity index (χ1) is 8.33. The van der Waals surface area contributed by atoms with Crippen molar-refractivity contribution < 1.29 is 9.53 Å². The summed E-state index contributed by atoms with van der Waals surface area (Å²) in [5.74, 6) is 5.03. The maximum absolute atomic E-state index is 11.9.